The highest BCUT2D eigenvalue weighted by molar-refractivity contribution is 6.01. The quantitative estimate of drug-likeness (QED) is 0.525. The molecule has 0 atom stereocenters. The molecule has 2 amide bonds. The van der Waals surface area contributed by atoms with Crippen LogP contribution in [0, 0.1) is 0 Å². The van der Waals surface area contributed by atoms with Crippen LogP contribution in [0.25, 0.3) is 10.9 Å². The molecule has 3 N–H and O–H groups in total. The fraction of sp³-hybridized carbons (Fsp3) is 0.105. The zero-order chi connectivity index (χ0) is 18.5. The number of carbonyl (C=O) groups is 2. The molecule has 0 spiro atoms. The zero-order valence-electron chi connectivity index (χ0n) is 14.2. The Hall–Kier alpha value is -3.61. The summed E-state index contributed by atoms with van der Waals surface area (Å²) in [5, 5.41) is 4.93. The number of benzene rings is 2. The first-order valence-corrected chi connectivity index (χ1v) is 7.92. The molecule has 0 aliphatic rings. The summed E-state index contributed by atoms with van der Waals surface area (Å²) in [6, 6.07) is 14.3. The molecule has 1 heterocycles. The van der Waals surface area contributed by atoms with Gasteiger partial charge in [0.05, 0.1) is 13.3 Å². The highest BCUT2D eigenvalue weighted by Crippen LogP contribution is 2.19. The summed E-state index contributed by atoms with van der Waals surface area (Å²) in [4.78, 5) is 23.3. The fourth-order valence-corrected chi connectivity index (χ4v) is 2.64. The number of primary amides is 1. The van der Waals surface area contributed by atoms with Gasteiger partial charge in [-0.25, -0.2) is 5.43 Å². The Kier molecular flexibility index (Phi) is 4.98. The lowest BCUT2D eigenvalue weighted by molar-refractivity contribution is -0.118. The predicted molar refractivity (Wildman–Crippen MR) is 99.2 cm³/mol. The molecular weight excluding hydrogens is 332 g/mol. The molecule has 7 nitrogen and oxygen atoms in total. The predicted octanol–water partition coefficient (Wildman–Crippen LogP) is 1.90. The standard InChI is InChI=1S/C19H18N4O3/c1-26-15-8-6-13(7-9-15)19(25)22-21-10-14-11-23(12-18(20)24)17-5-3-2-4-16(14)17/h2-11H,12H2,1H3,(H2,20,24)(H,22,25)/b21-10+. The molecule has 0 aliphatic heterocycles. The lowest BCUT2D eigenvalue weighted by Gasteiger charge is -2.01. The Labute approximate surface area is 150 Å². The highest BCUT2D eigenvalue weighted by Gasteiger charge is 2.09. The van der Waals surface area contributed by atoms with Gasteiger partial charge in [-0.15, -0.1) is 0 Å². The maximum absolute atomic E-state index is 12.1. The third kappa shape index (κ3) is 3.72. The van der Waals surface area contributed by atoms with Gasteiger partial charge in [0.15, 0.2) is 0 Å². The van der Waals surface area contributed by atoms with Gasteiger partial charge in [0.25, 0.3) is 5.91 Å². The molecule has 3 aromatic rings. The molecule has 7 heteroatoms. The first-order valence-electron chi connectivity index (χ1n) is 7.92. The molecule has 0 saturated heterocycles. The van der Waals surface area contributed by atoms with Crippen LogP contribution in [-0.2, 0) is 11.3 Å². The number of nitrogens with one attached hydrogen (secondary N) is 1. The van der Waals surface area contributed by atoms with E-state index in [2.05, 4.69) is 10.5 Å². The van der Waals surface area contributed by atoms with Gasteiger partial charge in [0.2, 0.25) is 5.91 Å². The van der Waals surface area contributed by atoms with Gasteiger partial charge in [0.1, 0.15) is 12.3 Å². The number of hydrogen-bond donors (Lipinski definition) is 2. The van der Waals surface area contributed by atoms with Crippen LogP contribution >= 0.6 is 0 Å². The second-order valence-electron chi connectivity index (χ2n) is 5.62. The Balaban J connectivity index is 1.77. The average molecular weight is 350 g/mol. The smallest absolute Gasteiger partial charge is 0.271 e. The molecule has 0 fully saturated rings. The first-order chi connectivity index (χ1) is 12.6. The number of aromatic nitrogens is 1. The van der Waals surface area contributed by atoms with Crippen molar-refractivity contribution < 1.29 is 14.3 Å². The summed E-state index contributed by atoms with van der Waals surface area (Å²) in [5.74, 6) is -0.0841. The van der Waals surface area contributed by atoms with E-state index in [1.54, 1.807) is 48.4 Å². The van der Waals surface area contributed by atoms with Crippen LogP contribution in [0.1, 0.15) is 15.9 Å². The molecule has 26 heavy (non-hydrogen) atoms. The van der Waals surface area contributed by atoms with Crippen molar-refractivity contribution in [2.75, 3.05) is 7.11 Å². The Morgan fingerprint density at radius 3 is 2.62 bits per heavy atom. The van der Waals surface area contributed by atoms with Crippen molar-refractivity contribution in [1.82, 2.24) is 9.99 Å². The van der Waals surface area contributed by atoms with Crippen LogP contribution in [0.3, 0.4) is 0 Å². The molecule has 0 aliphatic carbocycles. The van der Waals surface area contributed by atoms with Gasteiger partial charge >= 0.3 is 0 Å². The Bertz CT molecular complexity index is 974. The number of hydrogen-bond acceptors (Lipinski definition) is 4. The number of carbonyl (C=O) groups excluding carboxylic acids is 2. The van der Waals surface area contributed by atoms with Gasteiger partial charge < -0.3 is 15.0 Å². The van der Waals surface area contributed by atoms with E-state index in [9.17, 15) is 9.59 Å². The van der Waals surface area contributed by atoms with Crippen molar-refractivity contribution >= 4 is 28.9 Å². The molecular formula is C19H18N4O3. The second kappa shape index (κ2) is 7.52. The van der Waals surface area contributed by atoms with E-state index in [-0.39, 0.29) is 12.5 Å². The Morgan fingerprint density at radius 2 is 1.92 bits per heavy atom. The summed E-state index contributed by atoms with van der Waals surface area (Å²) >= 11 is 0. The fourth-order valence-electron chi connectivity index (χ4n) is 2.64. The molecule has 3 rings (SSSR count). The van der Waals surface area contributed by atoms with E-state index in [1.165, 1.54) is 0 Å². The molecule has 0 unspecified atom stereocenters. The van der Waals surface area contributed by atoms with Crippen LogP contribution < -0.4 is 15.9 Å². The third-order valence-electron chi connectivity index (χ3n) is 3.87. The van der Waals surface area contributed by atoms with Crippen LogP contribution in [-0.4, -0.2) is 29.7 Å². The monoisotopic (exact) mass is 350 g/mol. The van der Waals surface area contributed by atoms with Crippen LogP contribution in [0.15, 0.2) is 59.8 Å². The number of amides is 2. The summed E-state index contributed by atoms with van der Waals surface area (Å²) < 4.78 is 6.82. The molecule has 132 valence electrons. The first kappa shape index (κ1) is 17.2. The zero-order valence-corrected chi connectivity index (χ0v) is 14.2. The summed E-state index contributed by atoms with van der Waals surface area (Å²) in [7, 11) is 1.56. The van der Waals surface area contributed by atoms with E-state index in [4.69, 9.17) is 10.5 Å². The van der Waals surface area contributed by atoms with Crippen molar-refractivity contribution in [2.45, 2.75) is 6.54 Å². The van der Waals surface area contributed by atoms with Crippen LogP contribution in [0.4, 0.5) is 0 Å². The van der Waals surface area contributed by atoms with Crippen molar-refractivity contribution in [2.24, 2.45) is 10.8 Å². The van der Waals surface area contributed by atoms with E-state index in [0.717, 1.165) is 16.5 Å². The SMILES string of the molecule is COc1ccc(C(=O)N/N=C/c2cn(CC(N)=O)c3ccccc23)cc1. The van der Waals surface area contributed by atoms with Gasteiger partial charge in [-0.1, -0.05) is 18.2 Å². The number of methoxy groups -OCH3 is 1. The summed E-state index contributed by atoms with van der Waals surface area (Å²) in [5.41, 5.74) is 9.89. The average Bonchev–Trinajstić information content (AvgIpc) is 2.99. The maximum atomic E-state index is 12.1. The van der Waals surface area contributed by atoms with Crippen molar-refractivity contribution in [3.63, 3.8) is 0 Å². The number of hydrazone groups is 1. The molecule has 0 bridgehead atoms. The number of para-hydroxylation sites is 1. The second-order valence-corrected chi connectivity index (χ2v) is 5.62. The van der Waals surface area contributed by atoms with E-state index < -0.39 is 5.91 Å². The van der Waals surface area contributed by atoms with Gasteiger partial charge in [0, 0.05) is 28.2 Å². The minimum Gasteiger partial charge on any atom is -0.497 e. The van der Waals surface area contributed by atoms with Crippen LogP contribution in [0.2, 0.25) is 0 Å². The van der Waals surface area contributed by atoms with Gasteiger partial charge in [-0.05, 0) is 30.3 Å². The lowest BCUT2D eigenvalue weighted by Crippen LogP contribution is -2.18. The maximum Gasteiger partial charge on any atom is 0.271 e. The number of ether oxygens (including phenoxy) is 1. The summed E-state index contributed by atoms with van der Waals surface area (Å²) in [6.07, 6.45) is 3.32. The minimum absolute atomic E-state index is 0.0760. The third-order valence-corrected chi connectivity index (χ3v) is 3.87. The van der Waals surface area contributed by atoms with E-state index >= 15 is 0 Å². The van der Waals surface area contributed by atoms with Gasteiger partial charge in [-0.2, -0.15) is 5.10 Å². The number of nitrogens with zero attached hydrogens (tertiary/aromatic N) is 2. The van der Waals surface area contributed by atoms with E-state index in [0.29, 0.717) is 11.3 Å². The van der Waals surface area contributed by atoms with Crippen molar-refractivity contribution in [3.8, 4) is 5.75 Å². The highest BCUT2D eigenvalue weighted by atomic mass is 16.5. The molecule has 0 saturated carbocycles. The number of rotatable bonds is 6. The largest absolute Gasteiger partial charge is 0.497 e. The number of fused-ring (bicyclic) bond motifs is 1. The Morgan fingerprint density at radius 1 is 1.19 bits per heavy atom. The van der Waals surface area contributed by atoms with Crippen molar-refractivity contribution in [1.29, 1.82) is 0 Å². The van der Waals surface area contributed by atoms with Crippen molar-refractivity contribution in [3.05, 3.63) is 65.9 Å². The minimum atomic E-state index is -0.429. The number of nitrogens with two attached hydrogens (primary N) is 1. The van der Waals surface area contributed by atoms with Crippen LogP contribution in [0.5, 0.6) is 5.75 Å². The summed E-state index contributed by atoms with van der Waals surface area (Å²) in [6.45, 7) is 0.0760. The molecule has 0 radical (unpaired) electrons. The molecule has 1 aromatic heterocycles. The topological polar surface area (TPSA) is 98.7 Å². The molecule has 2 aromatic carbocycles. The normalized spacial score (nSPS) is 11.0. The van der Waals surface area contributed by atoms with E-state index in [1.807, 2.05) is 24.3 Å². The lowest BCUT2D eigenvalue weighted by atomic mass is 10.2. The van der Waals surface area contributed by atoms with Gasteiger partial charge in [-0.3, -0.25) is 9.59 Å².